The highest BCUT2D eigenvalue weighted by Gasteiger charge is 2.07. The molecule has 2 rings (SSSR count). The minimum atomic E-state index is 0.225. The number of rotatable bonds is 7. The van der Waals surface area contributed by atoms with E-state index in [4.69, 9.17) is 11.6 Å². The molecule has 0 unspecified atom stereocenters. The van der Waals surface area contributed by atoms with Gasteiger partial charge in [-0.2, -0.15) is 15.1 Å². The van der Waals surface area contributed by atoms with Gasteiger partial charge in [-0.3, -0.25) is 5.10 Å². The number of fused-ring (bicyclic) bond motifs is 1. The van der Waals surface area contributed by atoms with E-state index in [1.54, 1.807) is 6.20 Å². The topological polar surface area (TPSA) is 69.7 Å². The molecule has 0 radical (unpaired) electrons. The molecule has 104 valence electrons. The first-order valence-electron chi connectivity index (χ1n) is 6.57. The molecule has 0 aliphatic carbocycles. The van der Waals surface area contributed by atoms with Crippen LogP contribution in [0.4, 0.5) is 5.82 Å². The Hall–Kier alpha value is -1.40. The fraction of sp³-hybridized carbons (Fsp3) is 0.583. The molecule has 2 N–H and O–H groups in total. The Morgan fingerprint density at radius 3 is 2.84 bits per heavy atom. The maximum Gasteiger partial charge on any atom is 0.226 e. The number of hydrogen-bond donors (Lipinski definition) is 2. The molecular formula is C12H19ClN6. The number of anilines is 1. The highest BCUT2D eigenvalue weighted by atomic mass is 35.5. The molecule has 0 spiro atoms. The Balaban J connectivity index is 1.92. The van der Waals surface area contributed by atoms with Gasteiger partial charge in [0.05, 0.1) is 11.6 Å². The van der Waals surface area contributed by atoms with Gasteiger partial charge in [0.2, 0.25) is 5.28 Å². The molecule has 2 heterocycles. The average Bonchev–Trinajstić information content (AvgIpc) is 2.86. The first kappa shape index (κ1) is 14.0. The van der Waals surface area contributed by atoms with Gasteiger partial charge in [-0.05, 0) is 37.7 Å². The Morgan fingerprint density at radius 1 is 1.32 bits per heavy atom. The predicted octanol–water partition coefficient (Wildman–Crippen LogP) is 2.15. The van der Waals surface area contributed by atoms with E-state index in [0.29, 0.717) is 5.65 Å². The van der Waals surface area contributed by atoms with Crippen LogP contribution in [0.5, 0.6) is 0 Å². The van der Waals surface area contributed by atoms with Gasteiger partial charge in [0, 0.05) is 6.54 Å². The van der Waals surface area contributed by atoms with Gasteiger partial charge in [-0.15, -0.1) is 0 Å². The van der Waals surface area contributed by atoms with E-state index in [2.05, 4.69) is 44.2 Å². The van der Waals surface area contributed by atoms with Crippen LogP contribution >= 0.6 is 11.6 Å². The predicted molar refractivity (Wildman–Crippen MR) is 77.6 cm³/mol. The molecule has 0 aliphatic heterocycles. The Kier molecular flexibility index (Phi) is 4.93. The van der Waals surface area contributed by atoms with Crippen molar-refractivity contribution in [2.45, 2.75) is 20.3 Å². The third kappa shape index (κ3) is 3.54. The fourth-order valence-corrected chi connectivity index (χ4v) is 2.16. The maximum atomic E-state index is 5.87. The minimum Gasteiger partial charge on any atom is -0.369 e. The molecule has 0 aromatic carbocycles. The van der Waals surface area contributed by atoms with Crippen molar-refractivity contribution in [2.75, 3.05) is 31.5 Å². The number of aromatic amines is 1. The van der Waals surface area contributed by atoms with Gasteiger partial charge in [0.1, 0.15) is 5.82 Å². The highest BCUT2D eigenvalue weighted by molar-refractivity contribution is 6.28. The van der Waals surface area contributed by atoms with Gasteiger partial charge in [-0.25, -0.2) is 0 Å². The molecule has 2 aromatic heterocycles. The van der Waals surface area contributed by atoms with E-state index in [1.165, 1.54) is 0 Å². The van der Waals surface area contributed by atoms with Crippen molar-refractivity contribution in [3.05, 3.63) is 11.5 Å². The lowest BCUT2D eigenvalue weighted by atomic mass is 10.3. The van der Waals surface area contributed by atoms with Crippen molar-refractivity contribution >= 4 is 28.5 Å². The van der Waals surface area contributed by atoms with E-state index in [-0.39, 0.29) is 5.28 Å². The maximum absolute atomic E-state index is 5.87. The molecular weight excluding hydrogens is 264 g/mol. The second-order valence-corrected chi connectivity index (χ2v) is 4.62. The van der Waals surface area contributed by atoms with Crippen LogP contribution in [0.3, 0.4) is 0 Å². The fourth-order valence-electron chi connectivity index (χ4n) is 1.99. The Bertz CT molecular complexity index is 522. The largest absolute Gasteiger partial charge is 0.369 e. The normalized spacial score (nSPS) is 11.4. The van der Waals surface area contributed by atoms with Gasteiger partial charge in [0.15, 0.2) is 5.65 Å². The van der Waals surface area contributed by atoms with E-state index in [9.17, 15) is 0 Å². The van der Waals surface area contributed by atoms with E-state index < -0.39 is 0 Å². The summed E-state index contributed by atoms with van der Waals surface area (Å²) in [5.41, 5.74) is 0.659. The number of hydrogen-bond acceptors (Lipinski definition) is 5. The number of aromatic nitrogens is 4. The zero-order valence-electron chi connectivity index (χ0n) is 11.3. The van der Waals surface area contributed by atoms with Crippen molar-refractivity contribution in [3.8, 4) is 0 Å². The smallest absolute Gasteiger partial charge is 0.226 e. The summed E-state index contributed by atoms with van der Waals surface area (Å²) >= 11 is 5.87. The van der Waals surface area contributed by atoms with Crippen LogP contribution in [-0.4, -0.2) is 51.2 Å². The number of nitrogens with one attached hydrogen (secondary N) is 2. The van der Waals surface area contributed by atoms with Crippen molar-refractivity contribution < 1.29 is 0 Å². The summed E-state index contributed by atoms with van der Waals surface area (Å²) < 4.78 is 0. The van der Waals surface area contributed by atoms with Crippen LogP contribution in [0.1, 0.15) is 20.3 Å². The van der Waals surface area contributed by atoms with Crippen LogP contribution in [0.15, 0.2) is 6.20 Å². The summed E-state index contributed by atoms with van der Waals surface area (Å²) in [6, 6.07) is 0. The quantitative estimate of drug-likeness (QED) is 0.601. The third-order valence-electron chi connectivity index (χ3n) is 3.12. The molecule has 0 atom stereocenters. The lowest BCUT2D eigenvalue weighted by Gasteiger charge is -2.17. The highest BCUT2D eigenvalue weighted by Crippen LogP contribution is 2.19. The van der Waals surface area contributed by atoms with Crippen molar-refractivity contribution in [1.29, 1.82) is 0 Å². The molecule has 0 amide bonds. The molecule has 19 heavy (non-hydrogen) atoms. The van der Waals surface area contributed by atoms with E-state index >= 15 is 0 Å². The van der Waals surface area contributed by atoms with Crippen LogP contribution in [0.2, 0.25) is 5.28 Å². The molecule has 2 aromatic rings. The van der Waals surface area contributed by atoms with Gasteiger partial charge in [-0.1, -0.05) is 13.8 Å². The molecule has 7 heteroatoms. The molecule has 6 nitrogen and oxygen atoms in total. The van der Waals surface area contributed by atoms with Crippen LogP contribution in [0, 0.1) is 0 Å². The Morgan fingerprint density at radius 2 is 2.11 bits per heavy atom. The monoisotopic (exact) mass is 282 g/mol. The lowest BCUT2D eigenvalue weighted by Crippen LogP contribution is -2.25. The number of halogens is 1. The van der Waals surface area contributed by atoms with Crippen LogP contribution in [-0.2, 0) is 0 Å². The second-order valence-electron chi connectivity index (χ2n) is 4.28. The standard InChI is InChI=1S/C12H19ClN6/c1-3-19(4-2)7-5-6-14-10-9-8-15-18-11(9)17-12(13)16-10/h8H,3-7H2,1-2H3,(H2,14,15,16,17,18). The molecule has 0 bridgehead atoms. The lowest BCUT2D eigenvalue weighted by molar-refractivity contribution is 0.303. The number of nitrogens with zero attached hydrogens (tertiary/aromatic N) is 4. The molecule has 0 fully saturated rings. The molecule has 0 saturated heterocycles. The summed E-state index contributed by atoms with van der Waals surface area (Å²) in [6.45, 7) is 8.45. The summed E-state index contributed by atoms with van der Waals surface area (Å²) in [5.74, 6) is 0.739. The average molecular weight is 283 g/mol. The number of H-pyrrole nitrogens is 1. The minimum absolute atomic E-state index is 0.225. The summed E-state index contributed by atoms with van der Waals surface area (Å²) in [5, 5.41) is 11.1. The van der Waals surface area contributed by atoms with Gasteiger partial charge >= 0.3 is 0 Å². The van der Waals surface area contributed by atoms with Gasteiger partial charge in [0.25, 0.3) is 0 Å². The summed E-state index contributed by atoms with van der Waals surface area (Å²) in [4.78, 5) is 10.7. The van der Waals surface area contributed by atoms with Crippen LogP contribution in [0.25, 0.3) is 11.0 Å². The Labute approximate surface area is 117 Å². The van der Waals surface area contributed by atoms with Gasteiger partial charge < -0.3 is 10.2 Å². The second kappa shape index (κ2) is 6.68. The third-order valence-corrected chi connectivity index (χ3v) is 3.29. The zero-order chi connectivity index (χ0) is 13.7. The first-order chi connectivity index (χ1) is 9.24. The molecule has 0 saturated carbocycles. The van der Waals surface area contributed by atoms with Crippen molar-refractivity contribution in [2.24, 2.45) is 0 Å². The van der Waals surface area contributed by atoms with E-state index in [1.807, 2.05) is 0 Å². The van der Waals surface area contributed by atoms with Crippen LogP contribution < -0.4 is 5.32 Å². The van der Waals surface area contributed by atoms with Crippen molar-refractivity contribution in [1.82, 2.24) is 25.1 Å². The molecule has 0 aliphatic rings. The summed E-state index contributed by atoms with van der Waals surface area (Å²) in [7, 11) is 0. The van der Waals surface area contributed by atoms with Crippen molar-refractivity contribution in [3.63, 3.8) is 0 Å². The zero-order valence-corrected chi connectivity index (χ0v) is 12.0. The summed E-state index contributed by atoms with van der Waals surface area (Å²) in [6.07, 6.45) is 2.76. The first-order valence-corrected chi connectivity index (χ1v) is 6.95. The SMILES string of the molecule is CCN(CC)CCCNc1nc(Cl)nc2[nH]ncc12. The van der Waals surface area contributed by atoms with E-state index in [0.717, 1.165) is 43.8 Å².